The van der Waals surface area contributed by atoms with Gasteiger partial charge in [-0.25, -0.2) is 8.42 Å². The topological polar surface area (TPSA) is 46.6 Å². The van der Waals surface area contributed by atoms with E-state index in [1.807, 2.05) is 55.5 Å². The Kier molecular flexibility index (Phi) is 4.80. The summed E-state index contributed by atoms with van der Waals surface area (Å²) in [7, 11) is -1.94. The van der Waals surface area contributed by atoms with Gasteiger partial charge in [0, 0.05) is 13.1 Å². The molecule has 3 aromatic rings. The summed E-state index contributed by atoms with van der Waals surface area (Å²) in [5, 5.41) is 0. The van der Waals surface area contributed by atoms with E-state index in [1.165, 1.54) is 0 Å². The van der Waals surface area contributed by atoms with Gasteiger partial charge in [-0.1, -0.05) is 60.2 Å². The molecule has 156 valence electrons. The smallest absolute Gasteiger partial charge is 0.243 e. The van der Waals surface area contributed by atoms with E-state index in [0.717, 1.165) is 44.7 Å². The molecule has 0 aromatic heterocycles. The van der Waals surface area contributed by atoms with Gasteiger partial charge in [0.25, 0.3) is 0 Å². The largest absolute Gasteiger partial charge is 0.497 e. The molecule has 2 aliphatic rings. The highest BCUT2D eigenvalue weighted by molar-refractivity contribution is 7.89. The number of benzene rings is 3. The standard InChI is InChI=1S/C26H23NO3S/c1-18-10-12-21(13-11-18)31(28,29)27-15-14-23-22-8-3-4-9-24(22)26(25(23)17-27)19-6-5-7-20(16-19)30-2/h3-14,16H,15,17H2,1-2H3. The monoisotopic (exact) mass is 429 g/mol. The van der Waals surface area contributed by atoms with Gasteiger partial charge in [0.15, 0.2) is 0 Å². The second-order valence-electron chi connectivity index (χ2n) is 7.86. The van der Waals surface area contributed by atoms with Crippen LogP contribution in [0.4, 0.5) is 0 Å². The molecule has 4 nitrogen and oxygen atoms in total. The van der Waals surface area contributed by atoms with Crippen molar-refractivity contribution in [3.63, 3.8) is 0 Å². The first kappa shape index (κ1) is 19.8. The third kappa shape index (κ3) is 3.30. The van der Waals surface area contributed by atoms with E-state index in [0.29, 0.717) is 18.0 Å². The first-order chi connectivity index (χ1) is 15.0. The Labute approximate surface area is 183 Å². The highest BCUT2D eigenvalue weighted by atomic mass is 32.2. The molecule has 1 aliphatic heterocycles. The summed E-state index contributed by atoms with van der Waals surface area (Å²) in [4.78, 5) is 0.328. The molecule has 0 fully saturated rings. The van der Waals surface area contributed by atoms with E-state index in [-0.39, 0.29) is 0 Å². The van der Waals surface area contributed by atoms with Gasteiger partial charge in [-0.05, 0) is 64.6 Å². The van der Waals surface area contributed by atoms with Crippen LogP contribution in [-0.2, 0) is 10.0 Å². The van der Waals surface area contributed by atoms with Crippen LogP contribution < -0.4 is 4.74 Å². The van der Waals surface area contributed by atoms with E-state index in [4.69, 9.17) is 4.74 Å². The predicted octanol–water partition coefficient (Wildman–Crippen LogP) is 4.91. The van der Waals surface area contributed by atoms with Crippen molar-refractivity contribution in [2.45, 2.75) is 11.8 Å². The summed E-state index contributed by atoms with van der Waals surface area (Å²) in [6.45, 7) is 2.64. The molecule has 3 aromatic carbocycles. The van der Waals surface area contributed by atoms with Gasteiger partial charge in [-0.3, -0.25) is 0 Å². The third-order valence-electron chi connectivity index (χ3n) is 5.96. The maximum atomic E-state index is 13.4. The zero-order chi connectivity index (χ0) is 21.6. The first-order valence-electron chi connectivity index (χ1n) is 10.2. The van der Waals surface area contributed by atoms with Crippen molar-refractivity contribution in [1.29, 1.82) is 0 Å². The summed E-state index contributed by atoms with van der Waals surface area (Å²) in [5.74, 6) is 0.778. The molecule has 5 heteroatoms. The molecular formula is C26H23NO3S. The molecule has 0 unspecified atom stereocenters. The van der Waals surface area contributed by atoms with Gasteiger partial charge in [-0.2, -0.15) is 4.31 Å². The molecule has 0 saturated heterocycles. The van der Waals surface area contributed by atoms with Crippen LogP contribution in [0.5, 0.6) is 5.75 Å². The molecule has 0 N–H and O–H groups in total. The molecule has 1 heterocycles. The maximum absolute atomic E-state index is 13.4. The van der Waals surface area contributed by atoms with Crippen molar-refractivity contribution in [3.8, 4) is 5.75 Å². The van der Waals surface area contributed by atoms with Crippen LogP contribution in [-0.4, -0.2) is 32.9 Å². The number of nitrogens with zero attached hydrogens (tertiary/aromatic N) is 1. The average molecular weight is 430 g/mol. The zero-order valence-corrected chi connectivity index (χ0v) is 18.3. The molecular weight excluding hydrogens is 406 g/mol. The predicted molar refractivity (Wildman–Crippen MR) is 123 cm³/mol. The van der Waals surface area contributed by atoms with Crippen molar-refractivity contribution in [3.05, 3.63) is 107 Å². The normalized spacial score (nSPS) is 16.0. The number of sulfonamides is 1. The Bertz CT molecular complexity index is 1340. The minimum Gasteiger partial charge on any atom is -0.497 e. The number of hydrogen-bond donors (Lipinski definition) is 0. The molecule has 0 bridgehead atoms. The Hall–Kier alpha value is -3.15. The fraction of sp³-hybridized carbons (Fsp3) is 0.154. The van der Waals surface area contributed by atoms with E-state index >= 15 is 0 Å². The average Bonchev–Trinajstić information content (AvgIpc) is 3.13. The number of rotatable bonds is 4. The Balaban J connectivity index is 1.64. The van der Waals surface area contributed by atoms with Gasteiger partial charge < -0.3 is 4.74 Å². The van der Waals surface area contributed by atoms with Gasteiger partial charge in [0.1, 0.15) is 5.75 Å². The quantitative estimate of drug-likeness (QED) is 0.592. The van der Waals surface area contributed by atoms with E-state index in [9.17, 15) is 8.42 Å². The summed E-state index contributed by atoms with van der Waals surface area (Å²) < 4.78 is 33.7. The van der Waals surface area contributed by atoms with Gasteiger partial charge in [0.05, 0.1) is 12.0 Å². The van der Waals surface area contributed by atoms with Crippen molar-refractivity contribution < 1.29 is 13.2 Å². The van der Waals surface area contributed by atoms with E-state index < -0.39 is 10.0 Å². The molecule has 0 saturated carbocycles. The Morgan fingerprint density at radius 3 is 2.39 bits per heavy atom. The molecule has 31 heavy (non-hydrogen) atoms. The Morgan fingerprint density at radius 2 is 1.65 bits per heavy atom. The van der Waals surface area contributed by atoms with Crippen LogP contribution in [0.1, 0.15) is 22.3 Å². The lowest BCUT2D eigenvalue weighted by Crippen LogP contribution is -2.35. The van der Waals surface area contributed by atoms with E-state index in [1.54, 1.807) is 23.5 Å². The third-order valence-corrected chi connectivity index (χ3v) is 7.79. The van der Waals surface area contributed by atoms with Crippen molar-refractivity contribution >= 4 is 21.2 Å². The summed E-state index contributed by atoms with van der Waals surface area (Å²) in [6.07, 6.45) is 2.04. The van der Waals surface area contributed by atoms with E-state index in [2.05, 4.69) is 18.2 Å². The van der Waals surface area contributed by atoms with Crippen molar-refractivity contribution in [2.24, 2.45) is 0 Å². The molecule has 1 aliphatic carbocycles. The lowest BCUT2D eigenvalue weighted by Gasteiger charge is -2.27. The van der Waals surface area contributed by atoms with Gasteiger partial charge >= 0.3 is 0 Å². The second-order valence-corrected chi connectivity index (χ2v) is 9.80. The summed E-state index contributed by atoms with van der Waals surface area (Å²) in [6, 6.07) is 23.3. The minimum atomic E-state index is -3.59. The van der Waals surface area contributed by atoms with Crippen LogP contribution >= 0.6 is 0 Å². The van der Waals surface area contributed by atoms with Crippen LogP contribution in [0.15, 0.2) is 89.3 Å². The number of methoxy groups -OCH3 is 1. The fourth-order valence-corrected chi connectivity index (χ4v) is 5.73. The lowest BCUT2D eigenvalue weighted by molar-refractivity contribution is 0.414. The van der Waals surface area contributed by atoms with Crippen molar-refractivity contribution in [2.75, 3.05) is 20.2 Å². The van der Waals surface area contributed by atoms with Crippen LogP contribution in [0.2, 0.25) is 0 Å². The SMILES string of the molecule is COc1cccc(C2=C3CN(S(=O)(=O)c4ccc(C)cc4)CC=C3c3ccccc32)c1. The highest BCUT2D eigenvalue weighted by Gasteiger charge is 2.35. The molecule has 0 amide bonds. The summed E-state index contributed by atoms with van der Waals surface area (Å²) in [5.41, 5.74) is 7.59. The Morgan fingerprint density at radius 1 is 0.903 bits per heavy atom. The lowest BCUT2D eigenvalue weighted by atomic mass is 9.96. The van der Waals surface area contributed by atoms with Gasteiger partial charge in [-0.15, -0.1) is 0 Å². The first-order valence-corrected chi connectivity index (χ1v) is 11.7. The number of hydrogen-bond acceptors (Lipinski definition) is 3. The fourth-order valence-electron chi connectivity index (χ4n) is 4.38. The molecule has 0 spiro atoms. The minimum absolute atomic E-state index is 0.328. The molecule has 5 rings (SSSR count). The van der Waals surface area contributed by atoms with Crippen LogP contribution in [0.25, 0.3) is 11.1 Å². The summed E-state index contributed by atoms with van der Waals surface area (Å²) >= 11 is 0. The molecule has 0 atom stereocenters. The van der Waals surface area contributed by atoms with Crippen molar-refractivity contribution in [1.82, 2.24) is 4.31 Å². The highest BCUT2D eigenvalue weighted by Crippen LogP contribution is 2.46. The van der Waals surface area contributed by atoms with Gasteiger partial charge in [0.2, 0.25) is 10.0 Å². The van der Waals surface area contributed by atoms with Crippen LogP contribution in [0, 0.1) is 6.92 Å². The van der Waals surface area contributed by atoms with Crippen LogP contribution in [0.3, 0.4) is 0 Å². The maximum Gasteiger partial charge on any atom is 0.243 e. The second kappa shape index (κ2) is 7.52. The number of fused-ring (bicyclic) bond motifs is 3. The zero-order valence-electron chi connectivity index (χ0n) is 17.5. The number of aryl methyl sites for hydroxylation is 1. The molecule has 0 radical (unpaired) electrons. The number of ether oxygens (including phenoxy) is 1.